The lowest BCUT2D eigenvalue weighted by atomic mass is 9.85. The summed E-state index contributed by atoms with van der Waals surface area (Å²) in [6.07, 6.45) is 0. The largest absolute Gasteiger partial charge is 0.309 e. The van der Waals surface area contributed by atoms with Crippen molar-refractivity contribution in [1.82, 2.24) is 18.7 Å². The minimum Gasteiger partial charge on any atom is -0.309 e. The maximum absolute atomic E-state index is 10.1. The van der Waals surface area contributed by atoms with Gasteiger partial charge in [-0.3, -0.25) is 0 Å². The lowest BCUT2D eigenvalue weighted by molar-refractivity contribution is 1.18. The normalized spacial score (nSPS) is 12.0. The van der Waals surface area contributed by atoms with Gasteiger partial charge in [0, 0.05) is 76.7 Å². The topological polar surface area (TPSA) is 99.1 Å². The van der Waals surface area contributed by atoms with E-state index in [1.807, 2.05) is 24.3 Å². The van der Waals surface area contributed by atoms with Crippen molar-refractivity contribution in [2.45, 2.75) is 0 Å². The van der Waals surface area contributed by atoms with Crippen LogP contribution in [-0.2, 0) is 0 Å². The van der Waals surface area contributed by atoms with E-state index >= 15 is 0 Å². The van der Waals surface area contributed by atoms with Crippen LogP contribution in [0.4, 0.5) is 0 Å². The Hall–Kier alpha value is -20.4. The summed E-state index contributed by atoms with van der Waals surface area (Å²) in [5.41, 5.74) is 28.7. The molecule has 149 heavy (non-hydrogen) atoms. The van der Waals surface area contributed by atoms with E-state index in [-0.39, 0.29) is 0 Å². The highest BCUT2D eigenvalue weighted by atomic mass is 15.0. The molecule has 4 heterocycles. The van der Waals surface area contributed by atoms with Gasteiger partial charge in [-0.1, -0.05) is 370 Å². The zero-order valence-electron chi connectivity index (χ0n) is 80.2. The molecule has 29 aromatic carbocycles. The fraction of sp³-hybridized carbons (Fsp3) is 0. The number of pyridine rings is 1. The molecule has 0 N–H and O–H groups in total. The van der Waals surface area contributed by atoms with Crippen molar-refractivity contribution in [3.8, 4) is 113 Å². The third-order valence-electron chi connectivity index (χ3n) is 32.3. The van der Waals surface area contributed by atoms with Crippen molar-refractivity contribution in [3.63, 3.8) is 0 Å². The Kier molecular flexibility index (Phi) is 18.0. The molecule has 682 valence electrons. The lowest BCUT2D eigenvalue weighted by Crippen LogP contribution is -1.93. The van der Waals surface area contributed by atoms with E-state index in [0.717, 1.165) is 105 Å². The Morgan fingerprint density at radius 2 is 0.403 bits per heavy atom. The highest BCUT2D eigenvalue weighted by molar-refractivity contribution is 6.37. The Morgan fingerprint density at radius 1 is 0.148 bits per heavy atom. The highest BCUT2D eigenvalue weighted by Crippen LogP contribution is 2.54. The molecule has 0 unspecified atom stereocenters. The van der Waals surface area contributed by atoms with Gasteiger partial charge in [-0.15, -0.1) is 0 Å². The molecular formula is C142H79N7. The van der Waals surface area contributed by atoms with Crippen LogP contribution in [0.1, 0.15) is 16.7 Å². The molecule has 0 aliphatic heterocycles. The van der Waals surface area contributed by atoms with Gasteiger partial charge in [0.05, 0.1) is 79.4 Å². The molecule has 33 aromatic rings. The SMILES string of the molecule is N#Cc1ccc2c3c1ccc1c(-c4ccc5ccc6c(-c7ccc8ccccc8c7)ccc7ccc4c5c76)ccc(c13)n2-c1ccccc1.N#Cc1ccc2c3c1ccc1c(-c4ccc5ccc6c(-c7cccc(-c8ccccc8)n7)ccc7ccc4c5c76)ccc(c13)n2-c1ccccc1.N#Cc1ccc2c3c1ccc1c(-c4ccc5ccc6c(-c7cccc8ccccc78)ccc7ccc4c5c76)ccc(c13)n2-c1ccccc1. The Balaban J connectivity index is 0.000000101. The third kappa shape index (κ3) is 12.2. The van der Waals surface area contributed by atoms with Crippen LogP contribution < -0.4 is 0 Å². The number of fused-ring (bicyclic) bond motifs is 2. The maximum atomic E-state index is 10.1. The average Bonchev–Trinajstić information content (AvgIpc) is 1.59. The molecule has 0 radical (unpaired) electrons. The molecule has 0 aliphatic rings. The zero-order chi connectivity index (χ0) is 98.1. The summed E-state index contributed by atoms with van der Waals surface area (Å²) < 4.78 is 7.02. The molecule has 0 bridgehead atoms. The first kappa shape index (κ1) is 83.2. The van der Waals surface area contributed by atoms with Gasteiger partial charge in [-0.25, -0.2) is 4.98 Å². The number of benzene rings is 29. The van der Waals surface area contributed by atoms with Crippen LogP contribution in [0.3, 0.4) is 0 Å². The van der Waals surface area contributed by atoms with Crippen molar-refractivity contribution >= 4 is 216 Å². The summed E-state index contributed by atoms with van der Waals surface area (Å²) in [4.78, 5) is 5.15. The van der Waals surface area contributed by atoms with E-state index in [4.69, 9.17) is 4.98 Å². The second kappa shape index (κ2) is 32.3. The van der Waals surface area contributed by atoms with E-state index in [2.05, 4.69) is 487 Å². The summed E-state index contributed by atoms with van der Waals surface area (Å²) in [5, 5.41) is 71.6. The Morgan fingerprint density at radius 3 is 0.792 bits per heavy atom. The molecule has 7 heteroatoms. The Bertz CT molecular complexity index is 11500. The summed E-state index contributed by atoms with van der Waals surface area (Å²) >= 11 is 0. The van der Waals surface area contributed by atoms with Crippen LogP contribution in [0.25, 0.3) is 311 Å². The molecule has 0 saturated carbocycles. The number of hydrogen-bond donors (Lipinski definition) is 0. The smallest absolute Gasteiger partial charge is 0.0998 e. The van der Waals surface area contributed by atoms with E-state index in [9.17, 15) is 15.8 Å². The van der Waals surface area contributed by atoms with E-state index in [1.54, 1.807) is 0 Å². The first-order valence-electron chi connectivity index (χ1n) is 50.8. The number of hydrogen-bond acceptors (Lipinski definition) is 4. The fourth-order valence-corrected chi connectivity index (χ4v) is 25.8. The minimum absolute atomic E-state index is 0.698. The van der Waals surface area contributed by atoms with Crippen LogP contribution in [0.15, 0.2) is 479 Å². The molecule has 33 rings (SSSR count). The van der Waals surface area contributed by atoms with Gasteiger partial charge in [-0.05, 0) is 299 Å². The molecule has 0 saturated heterocycles. The van der Waals surface area contributed by atoms with Crippen molar-refractivity contribution in [2.24, 2.45) is 0 Å². The standard InChI is InChI=1S/C48H27N3.2C47H26N2/c49-28-32-18-26-43-47-34(32)23-24-39-36(25-27-44(48(39)47)51(43)33-10-5-2-6-11-33)35-19-14-30-17-22-40-37(20-15-31-16-21-38(35)45(30)46(31)40)42-13-7-12-41(50-42)29-8-3-1-4-9-29;48-27-31-17-25-42-46-34(31)22-23-41-38(24-26-43(47(41)46)49(42)32-9-2-1-3-10-32)37-19-14-30-15-20-39-36(18-13-29-16-21-40(37)45(30)44(29)39)35-12-6-8-28-7-4-5-11-33(28)35;48-27-33-16-24-42-46-36(33)21-22-41-38(23-25-43(47(41)46)49(42)34-8-2-1-3-9-34)37-18-13-30-14-19-39-35(17-12-29-15-20-40(37)45(30)44(29)39)32-11-10-28-6-4-5-7-31(28)26-32/h1-27H;2*1-26H. The number of rotatable bonds is 10. The van der Waals surface area contributed by atoms with E-state index < -0.39 is 0 Å². The quantitative estimate of drug-likeness (QED) is 0.127. The predicted octanol–water partition coefficient (Wildman–Crippen LogP) is 37.8. The third-order valence-corrected chi connectivity index (χ3v) is 32.3. The van der Waals surface area contributed by atoms with Gasteiger partial charge >= 0.3 is 0 Å². The van der Waals surface area contributed by atoms with Gasteiger partial charge in [0.25, 0.3) is 0 Å². The first-order valence-corrected chi connectivity index (χ1v) is 50.8. The van der Waals surface area contributed by atoms with Crippen LogP contribution in [0.5, 0.6) is 0 Å². The monoisotopic (exact) mass is 1880 g/mol. The van der Waals surface area contributed by atoms with Crippen LogP contribution in [-0.4, -0.2) is 18.7 Å². The molecule has 0 amide bonds. The predicted molar refractivity (Wildman–Crippen MR) is 625 cm³/mol. The average molecular weight is 1880 g/mol. The van der Waals surface area contributed by atoms with Gasteiger partial charge in [0.15, 0.2) is 0 Å². The molecule has 7 nitrogen and oxygen atoms in total. The van der Waals surface area contributed by atoms with Crippen LogP contribution in [0, 0.1) is 34.0 Å². The fourth-order valence-electron chi connectivity index (χ4n) is 25.8. The van der Waals surface area contributed by atoms with E-state index in [1.165, 1.54) is 206 Å². The van der Waals surface area contributed by atoms with E-state index in [0.29, 0.717) is 16.7 Å². The molecular weight excluding hydrogens is 1800 g/mol. The minimum atomic E-state index is 0.698. The number of nitrogens with zero attached hydrogens (tertiary/aromatic N) is 7. The number of para-hydroxylation sites is 3. The van der Waals surface area contributed by atoms with Crippen LogP contribution >= 0.6 is 0 Å². The lowest BCUT2D eigenvalue weighted by Gasteiger charge is -2.18. The van der Waals surface area contributed by atoms with Crippen molar-refractivity contribution < 1.29 is 0 Å². The summed E-state index contributed by atoms with van der Waals surface area (Å²) in [6.45, 7) is 0. The molecule has 0 aliphatic carbocycles. The van der Waals surface area contributed by atoms with Gasteiger partial charge in [0.1, 0.15) is 0 Å². The molecule has 4 aromatic heterocycles. The summed E-state index contributed by atoms with van der Waals surface area (Å²) in [6, 6.07) is 180. The van der Waals surface area contributed by atoms with Gasteiger partial charge in [0.2, 0.25) is 0 Å². The zero-order valence-corrected chi connectivity index (χ0v) is 80.2. The maximum Gasteiger partial charge on any atom is 0.0998 e. The second-order valence-electron chi connectivity index (χ2n) is 39.7. The summed E-state index contributed by atoms with van der Waals surface area (Å²) in [7, 11) is 0. The molecule has 0 atom stereocenters. The van der Waals surface area contributed by atoms with Gasteiger partial charge < -0.3 is 13.7 Å². The summed E-state index contributed by atoms with van der Waals surface area (Å²) in [5.74, 6) is 0. The molecule has 0 spiro atoms. The second-order valence-corrected chi connectivity index (χ2v) is 39.7. The molecule has 0 fully saturated rings. The number of nitriles is 3. The van der Waals surface area contributed by atoms with Crippen molar-refractivity contribution in [1.29, 1.82) is 15.8 Å². The van der Waals surface area contributed by atoms with Crippen molar-refractivity contribution in [3.05, 3.63) is 496 Å². The van der Waals surface area contributed by atoms with Crippen LogP contribution in [0.2, 0.25) is 0 Å². The van der Waals surface area contributed by atoms with Gasteiger partial charge in [-0.2, -0.15) is 15.8 Å². The van der Waals surface area contributed by atoms with Crippen molar-refractivity contribution in [2.75, 3.05) is 0 Å². The highest BCUT2D eigenvalue weighted by Gasteiger charge is 2.29. The number of aromatic nitrogens is 4. The first-order chi connectivity index (χ1) is 73.8. The Labute approximate surface area is 853 Å².